The number of rotatable bonds is 6. The van der Waals surface area contributed by atoms with Crippen LogP contribution >= 0.6 is 0 Å². The normalized spacial score (nSPS) is 12.5. The summed E-state index contributed by atoms with van der Waals surface area (Å²) in [5, 5.41) is 14.2. The van der Waals surface area contributed by atoms with E-state index in [9.17, 15) is 5.26 Å². The maximum absolute atomic E-state index is 9.74. The van der Waals surface area contributed by atoms with Crippen LogP contribution in [-0.4, -0.2) is 9.97 Å². The Balaban J connectivity index is 1.13. The highest BCUT2D eigenvalue weighted by Gasteiger charge is 2.46. The fourth-order valence-corrected chi connectivity index (χ4v) is 9.24. The fourth-order valence-electron chi connectivity index (χ4n) is 9.24. The molecule has 0 bridgehead atoms. The number of nitrogens with zero attached hydrogens (tertiary/aromatic N) is 3. The molecule has 0 spiro atoms. The Hall–Kier alpha value is -7.93. The van der Waals surface area contributed by atoms with Gasteiger partial charge in [0.25, 0.3) is 0 Å². The zero-order valence-corrected chi connectivity index (χ0v) is 32.0. The van der Waals surface area contributed by atoms with Crippen LogP contribution in [0.2, 0.25) is 0 Å². The minimum Gasteiger partial charge on any atom is -0.228 e. The van der Waals surface area contributed by atoms with E-state index in [1.54, 1.807) is 0 Å². The zero-order valence-electron chi connectivity index (χ0n) is 32.0. The van der Waals surface area contributed by atoms with Crippen LogP contribution in [0.1, 0.15) is 27.8 Å². The predicted octanol–water partition coefficient (Wildman–Crippen LogP) is 13.7. The van der Waals surface area contributed by atoms with Crippen LogP contribution in [0, 0.1) is 11.3 Å². The molecule has 11 rings (SSSR count). The Morgan fingerprint density at radius 1 is 0.373 bits per heavy atom. The lowest BCUT2D eigenvalue weighted by molar-refractivity contribution is 0.769. The van der Waals surface area contributed by atoms with Gasteiger partial charge in [0.1, 0.15) is 0 Å². The van der Waals surface area contributed by atoms with Gasteiger partial charge in [0.05, 0.1) is 28.4 Å². The van der Waals surface area contributed by atoms with Gasteiger partial charge >= 0.3 is 0 Å². The molecule has 10 aromatic rings. The van der Waals surface area contributed by atoms with Gasteiger partial charge in [-0.2, -0.15) is 5.26 Å². The fraction of sp³-hybridized carbons (Fsp3) is 0.0179. The topological polar surface area (TPSA) is 49.6 Å². The van der Waals surface area contributed by atoms with Crippen LogP contribution in [0.3, 0.4) is 0 Å². The van der Waals surface area contributed by atoms with Crippen molar-refractivity contribution >= 4 is 21.5 Å². The standard InChI is InChI=1S/C56H35N3/c57-36-37-25-26-38-27-28-39-29-30-43(34-50(39)49(38)31-37)42-17-11-19-45(32-42)56(51-23-9-7-21-47(51)48-22-8-10-24-52(48)56)46-20-12-18-44(33-46)55-58-53(40-13-3-1-4-14-40)35-54(59-55)41-15-5-2-6-16-41/h1-35H. The van der Waals surface area contributed by atoms with Gasteiger partial charge in [0.15, 0.2) is 5.82 Å². The number of nitriles is 1. The summed E-state index contributed by atoms with van der Waals surface area (Å²) in [5.74, 6) is 0.679. The molecular weight excluding hydrogens is 715 g/mol. The second-order valence-electron chi connectivity index (χ2n) is 15.2. The highest BCUT2D eigenvalue weighted by molar-refractivity contribution is 6.09. The van der Waals surface area contributed by atoms with Gasteiger partial charge in [0, 0.05) is 16.7 Å². The van der Waals surface area contributed by atoms with E-state index in [0.717, 1.165) is 66.3 Å². The maximum Gasteiger partial charge on any atom is 0.160 e. The van der Waals surface area contributed by atoms with Crippen molar-refractivity contribution in [3.63, 3.8) is 0 Å². The highest BCUT2D eigenvalue weighted by atomic mass is 14.9. The molecule has 0 saturated heterocycles. The number of fused-ring (bicyclic) bond motifs is 6. The zero-order chi connectivity index (χ0) is 39.3. The molecule has 1 heterocycles. The second-order valence-corrected chi connectivity index (χ2v) is 15.2. The third kappa shape index (κ3) is 5.65. The third-order valence-corrected chi connectivity index (χ3v) is 12.0. The lowest BCUT2D eigenvalue weighted by atomic mass is 9.67. The first-order valence-corrected chi connectivity index (χ1v) is 20.0. The molecule has 274 valence electrons. The second kappa shape index (κ2) is 13.9. The smallest absolute Gasteiger partial charge is 0.160 e. The summed E-state index contributed by atoms with van der Waals surface area (Å²) in [4.78, 5) is 10.5. The SMILES string of the molecule is N#Cc1ccc2ccc3ccc(-c4cccc(C5(c6cccc(-c7nc(-c8ccccc8)cc(-c8ccccc8)n7)c6)c6ccccc6-c6ccccc65)c4)cc3c2c1. The van der Waals surface area contributed by atoms with Crippen molar-refractivity contribution < 1.29 is 0 Å². The Morgan fingerprint density at radius 3 is 1.46 bits per heavy atom. The molecule has 9 aromatic carbocycles. The average molecular weight is 750 g/mol. The van der Waals surface area contributed by atoms with Crippen molar-refractivity contribution in [3.8, 4) is 62.2 Å². The summed E-state index contributed by atoms with van der Waals surface area (Å²) < 4.78 is 0. The van der Waals surface area contributed by atoms with Crippen LogP contribution in [0.4, 0.5) is 0 Å². The number of hydrogen-bond acceptors (Lipinski definition) is 3. The summed E-state index contributed by atoms with van der Waals surface area (Å²) in [6, 6.07) is 77.7. The molecule has 0 atom stereocenters. The van der Waals surface area contributed by atoms with Gasteiger partial charge in [-0.15, -0.1) is 0 Å². The van der Waals surface area contributed by atoms with E-state index in [2.05, 4.69) is 188 Å². The maximum atomic E-state index is 9.74. The van der Waals surface area contributed by atoms with E-state index in [0.29, 0.717) is 11.4 Å². The first-order chi connectivity index (χ1) is 29.2. The van der Waals surface area contributed by atoms with Gasteiger partial charge in [0.2, 0.25) is 0 Å². The van der Waals surface area contributed by atoms with Crippen LogP contribution in [0.5, 0.6) is 0 Å². The monoisotopic (exact) mass is 749 g/mol. The first kappa shape index (κ1) is 34.3. The Bertz CT molecular complexity index is 3180. The van der Waals surface area contributed by atoms with Gasteiger partial charge in [-0.3, -0.25) is 0 Å². The van der Waals surface area contributed by atoms with Crippen molar-refractivity contribution in [2.45, 2.75) is 5.41 Å². The summed E-state index contributed by atoms with van der Waals surface area (Å²) in [5.41, 5.74) is 14.4. The largest absolute Gasteiger partial charge is 0.228 e. The molecule has 0 amide bonds. The predicted molar refractivity (Wildman–Crippen MR) is 241 cm³/mol. The van der Waals surface area contributed by atoms with Crippen LogP contribution in [0.25, 0.3) is 77.7 Å². The quantitative estimate of drug-likeness (QED) is 0.159. The molecule has 0 unspecified atom stereocenters. The minimum atomic E-state index is -0.635. The minimum absolute atomic E-state index is 0.635. The molecule has 1 aliphatic rings. The first-order valence-electron chi connectivity index (χ1n) is 20.0. The average Bonchev–Trinajstić information content (AvgIpc) is 3.63. The molecule has 1 aromatic heterocycles. The van der Waals surface area contributed by atoms with Crippen LogP contribution < -0.4 is 0 Å². The Kier molecular flexibility index (Phi) is 8.10. The molecule has 3 heteroatoms. The highest BCUT2D eigenvalue weighted by Crippen LogP contribution is 2.56. The Labute approximate surface area is 343 Å². The third-order valence-electron chi connectivity index (χ3n) is 12.0. The van der Waals surface area contributed by atoms with Gasteiger partial charge < -0.3 is 0 Å². The van der Waals surface area contributed by atoms with Gasteiger partial charge in [-0.1, -0.05) is 176 Å². The lowest BCUT2D eigenvalue weighted by Crippen LogP contribution is -2.28. The van der Waals surface area contributed by atoms with E-state index < -0.39 is 5.41 Å². The van der Waals surface area contributed by atoms with E-state index in [4.69, 9.17) is 9.97 Å². The van der Waals surface area contributed by atoms with E-state index in [1.807, 2.05) is 30.3 Å². The molecule has 1 aliphatic carbocycles. The van der Waals surface area contributed by atoms with Gasteiger partial charge in [-0.25, -0.2) is 9.97 Å². The molecule has 0 aliphatic heterocycles. The summed E-state index contributed by atoms with van der Waals surface area (Å²) in [6.45, 7) is 0. The van der Waals surface area contributed by atoms with E-state index in [1.165, 1.54) is 27.8 Å². The Morgan fingerprint density at radius 2 is 0.847 bits per heavy atom. The van der Waals surface area contributed by atoms with Crippen molar-refractivity contribution in [2.75, 3.05) is 0 Å². The molecular formula is C56H35N3. The number of hydrogen-bond donors (Lipinski definition) is 0. The van der Waals surface area contributed by atoms with Crippen molar-refractivity contribution in [1.82, 2.24) is 9.97 Å². The van der Waals surface area contributed by atoms with E-state index in [-0.39, 0.29) is 0 Å². The molecule has 0 radical (unpaired) electrons. The van der Waals surface area contributed by atoms with Crippen LogP contribution in [0.15, 0.2) is 212 Å². The van der Waals surface area contributed by atoms with Gasteiger partial charge in [-0.05, 0) is 102 Å². The van der Waals surface area contributed by atoms with Crippen molar-refractivity contribution in [2.24, 2.45) is 0 Å². The molecule has 0 saturated carbocycles. The number of aromatic nitrogens is 2. The molecule has 0 N–H and O–H groups in total. The molecule has 59 heavy (non-hydrogen) atoms. The van der Waals surface area contributed by atoms with E-state index >= 15 is 0 Å². The molecule has 3 nitrogen and oxygen atoms in total. The summed E-state index contributed by atoms with van der Waals surface area (Å²) >= 11 is 0. The summed E-state index contributed by atoms with van der Waals surface area (Å²) in [7, 11) is 0. The van der Waals surface area contributed by atoms with Crippen molar-refractivity contribution in [1.29, 1.82) is 5.26 Å². The lowest BCUT2D eigenvalue weighted by Gasteiger charge is -2.34. The number of benzene rings is 9. The van der Waals surface area contributed by atoms with Crippen LogP contribution in [-0.2, 0) is 5.41 Å². The van der Waals surface area contributed by atoms with Crippen molar-refractivity contribution in [3.05, 3.63) is 240 Å². The summed E-state index contributed by atoms with van der Waals surface area (Å²) in [6.07, 6.45) is 0. The molecule has 0 fully saturated rings.